The van der Waals surface area contributed by atoms with Crippen LogP contribution in [0.25, 0.3) is 16.6 Å². The first kappa shape index (κ1) is 21.7. The summed E-state index contributed by atoms with van der Waals surface area (Å²) in [5.74, 6) is 0.860. The minimum atomic E-state index is -1.19. The molecule has 2 unspecified atom stereocenters. The Balaban J connectivity index is 1.64. The number of carbonyl (C=O) groups is 1. The van der Waals surface area contributed by atoms with Crippen LogP contribution < -0.4 is 10.6 Å². The SMILES string of the molecule is CN=Nc1ccc(-c2ccn3nc(NC4CCN(C(C)=O)CC4F)nc(NC)c23)cc1C. The van der Waals surface area contributed by atoms with E-state index in [9.17, 15) is 9.18 Å². The molecule has 1 saturated heterocycles. The van der Waals surface area contributed by atoms with Crippen molar-refractivity contribution in [2.45, 2.75) is 32.5 Å². The Bertz CT molecular complexity index is 1170. The highest BCUT2D eigenvalue weighted by molar-refractivity contribution is 5.89. The van der Waals surface area contributed by atoms with E-state index in [-0.39, 0.29) is 12.5 Å². The Morgan fingerprint density at radius 1 is 1.31 bits per heavy atom. The van der Waals surface area contributed by atoms with Crippen molar-refractivity contribution in [2.75, 3.05) is 37.8 Å². The van der Waals surface area contributed by atoms with Gasteiger partial charge in [0.2, 0.25) is 11.9 Å². The molecule has 0 saturated carbocycles. The number of aryl methyl sites for hydroxylation is 1. The van der Waals surface area contributed by atoms with Gasteiger partial charge in [-0.05, 0) is 42.7 Å². The highest BCUT2D eigenvalue weighted by atomic mass is 19.1. The average molecular weight is 439 g/mol. The molecule has 2 aromatic heterocycles. The van der Waals surface area contributed by atoms with E-state index in [2.05, 4.69) is 37.0 Å². The van der Waals surface area contributed by atoms with E-state index in [0.717, 1.165) is 27.9 Å². The summed E-state index contributed by atoms with van der Waals surface area (Å²) in [5, 5.41) is 18.8. The molecular formula is C22H27FN8O. The molecule has 0 bridgehead atoms. The molecule has 2 atom stereocenters. The van der Waals surface area contributed by atoms with Crippen molar-refractivity contribution in [3.63, 3.8) is 0 Å². The largest absolute Gasteiger partial charge is 0.371 e. The highest BCUT2D eigenvalue weighted by Crippen LogP contribution is 2.33. The molecule has 1 aromatic carbocycles. The maximum Gasteiger partial charge on any atom is 0.243 e. The zero-order valence-corrected chi connectivity index (χ0v) is 18.6. The molecule has 0 spiro atoms. The summed E-state index contributed by atoms with van der Waals surface area (Å²) < 4.78 is 16.4. The minimum Gasteiger partial charge on any atom is -0.371 e. The van der Waals surface area contributed by atoms with Crippen LogP contribution in [0.3, 0.4) is 0 Å². The molecule has 0 radical (unpaired) electrons. The van der Waals surface area contributed by atoms with Crippen molar-refractivity contribution in [1.29, 1.82) is 0 Å². The second-order valence-electron chi connectivity index (χ2n) is 7.88. The third-order valence-corrected chi connectivity index (χ3v) is 5.76. The number of nitrogens with one attached hydrogen (secondary N) is 2. The summed E-state index contributed by atoms with van der Waals surface area (Å²) in [6, 6.07) is 7.51. The average Bonchev–Trinajstić information content (AvgIpc) is 3.20. The fourth-order valence-electron chi connectivity index (χ4n) is 4.06. The van der Waals surface area contributed by atoms with Gasteiger partial charge in [0.15, 0.2) is 5.82 Å². The van der Waals surface area contributed by atoms with Crippen molar-refractivity contribution in [3.05, 3.63) is 36.0 Å². The van der Waals surface area contributed by atoms with Gasteiger partial charge >= 0.3 is 0 Å². The number of hydrogen-bond acceptors (Lipinski definition) is 7. The van der Waals surface area contributed by atoms with Gasteiger partial charge in [-0.15, -0.1) is 5.10 Å². The molecule has 1 fully saturated rings. The number of benzene rings is 1. The number of alkyl halides is 1. The molecule has 4 rings (SSSR count). The zero-order chi connectivity index (χ0) is 22.8. The molecule has 168 valence electrons. The van der Waals surface area contributed by atoms with Crippen LogP contribution in [0.2, 0.25) is 0 Å². The van der Waals surface area contributed by atoms with Crippen molar-refractivity contribution in [1.82, 2.24) is 19.5 Å². The van der Waals surface area contributed by atoms with Gasteiger partial charge in [0, 0.05) is 39.3 Å². The van der Waals surface area contributed by atoms with Crippen LogP contribution in [-0.2, 0) is 4.79 Å². The number of likely N-dealkylation sites (tertiary alicyclic amines) is 1. The lowest BCUT2D eigenvalue weighted by molar-refractivity contribution is -0.131. The number of azo groups is 1. The van der Waals surface area contributed by atoms with E-state index < -0.39 is 12.2 Å². The topological polar surface area (TPSA) is 99.3 Å². The lowest BCUT2D eigenvalue weighted by Gasteiger charge is -2.34. The number of fused-ring (bicyclic) bond motifs is 1. The fourth-order valence-corrected chi connectivity index (χ4v) is 4.06. The van der Waals surface area contributed by atoms with E-state index in [1.165, 1.54) is 11.8 Å². The normalized spacial score (nSPS) is 19.0. The molecule has 1 amide bonds. The van der Waals surface area contributed by atoms with Crippen LogP contribution in [0.5, 0.6) is 0 Å². The molecule has 9 nitrogen and oxygen atoms in total. The van der Waals surface area contributed by atoms with Crippen LogP contribution in [-0.4, -0.2) is 64.8 Å². The summed E-state index contributed by atoms with van der Waals surface area (Å²) in [7, 11) is 3.44. The smallest absolute Gasteiger partial charge is 0.243 e. The lowest BCUT2D eigenvalue weighted by Crippen LogP contribution is -2.49. The maximum atomic E-state index is 14.6. The Hall–Kier alpha value is -3.56. The quantitative estimate of drug-likeness (QED) is 0.590. The van der Waals surface area contributed by atoms with Crippen molar-refractivity contribution < 1.29 is 9.18 Å². The van der Waals surface area contributed by atoms with Crippen molar-refractivity contribution >= 4 is 28.9 Å². The third-order valence-electron chi connectivity index (χ3n) is 5.76. The van der Waals surface area contributed by atoms with Gasteiger partial charge in [0.1, 0.15) is 11.7 Å². The monoisotopic (exact) mass is 438 g/mol. The van der Waals surface area contributed by atoms with Crippen LogP contribution in [0.15, 0.2) is 40.7 Å². The summed E-state index contributed by atoms with van der Waals surface area (Å²) in [6.45, 7) is 4.04. The van der Waals surface area contributed by atoms with Crippen molar-refractivity contribution in [3.8, 4) is 11.1 Å². The number of carbonyl (C=O) groups excluding carboxylic acids is 1. The number of halogens is 1. The fraction of sp³-hybridized carbons (Fsp3) is 0.409. The van der Waals surface area contributed by atoms with Gasteiger partial charge in [-0.2, -0.15) is 15.2 Å². The minimum absolute atomic E-state index is 0.0781. The first-order valence-electron chi connectivity index (χ1n) is 10.6. The Kier molecular flexibility index (Phi) is 6.02. The summed E-state index contributed by atoms with van der Waals surface area (Å²) >= 11 is 0. The number of piperidine rings is 1. The van der Waals surface area contributed by atoms with E-state index in [0.29, 0.717) is 24.7 Å². The number of rotatable bonds is 5. The number of anilines is 2. The first-order chi connectivity index (χ1) is 15.4. The lowest BCUT2D eigenvalue weighted by atomic mass is 10.0. The molecular weight excluding hydrogens is 411 g/mol. The van der Waals surface area contributed by atoms with Crippen LogP contribution in [0.4, 0.5) is 21.8 Å². The Labute approximate surface area is 185 Å². The second kappa shape index (κ2) is 8.89. The molecule has 3 aromatic rings. The van der Waals surface area contributed by atoms with Crippen LogP contribution in [0.1, 0.15) is 18.9 Å². The maximum absolute atomic E-state index is 14.6. The van der Waals surface area contributed by atoms with E-state index >= 15 is 0 Å². The summed E-state index contributed by atoms with van der Waals surface area (Å²) in [4.78, 5) is 17.6. The predicted octanol–water partition coefficient (Wildman–Crippen LogP) is 3.83. The predicted molar refractivity (Wildman–Crippen MR) is 122 cm³/mol. The molecule has 1 aliphatic heterocycles. The number of aromatic nitrogens is 3. The van der Waals surface area contributed by atoms with Gasteiger partial charge in [0.25, 0.3) is 0 Å². The Morgan fingerprint density at radius 2 is 2.12 bits per heavy atom. The van der Waals surface area contributed by atoms with Crippen molar-refractivity contribution in [2.24, 2.45) is 10.2 Å². The van der Waals surface area contributed by atoms with Gasteiger partial charge < -0.3 is 15.5 Å². The summed E-state index contributed by atoms with van der Waals surface area (Å²) in [6.07, 6.45) is 1.17. The van der Waals surface area contributed by atoms with Gasteiger partial charge in [0.05, 0.1) is 18.3 Å². The molecule has 1 aliphatic rings. The number of nitrogens with zero attached hydrogens (tertiary/aromatic N) is 6. The standard InChI is InChI=1S/C22H27FN8O/c1-13-11-15(5-6-18(13)28-25-4)16-7-10-31-20(16)21(24-3)27-22(29-31)26-19-8-9-30(14(2)32)12-17(19)23/h5-7,10-11,17,19H,8-9,12H2,1-4H3,(H2,24,26,27,29). The molecule has 2 N–H and O–H groups in total. The van der Waals surface area contributed by atoms with Crippen LogP contribution >= 0.6 is 0 Å². The number of amides is 1. The molecule has 0 aliphatic carbocycles. The third kappa shape index (κ3) is 4.12. The number of hydrogen-bond donors (Lipinski definition) is 2. The van der Waals surface area contributed by atoms with Gasteiger partial charge in [-0.3, -0.25) is 4.79 Å². The van der Waals surface area contributed by atoms with Gasteiger partial charge in [-0.1, -0.05) is 6.07 Å². The molecule has 3 heterocycles. The van der Waals surface area contributed by atoms with E-state index in [1.54, 1.807) is 18.6 Å². The van der Waals surface area contributed by atoms with E-state index in [1.807, 2.05) is 31.3 Å². The van der Waals surface area contributed by atoms with Gasteiger partial charge in [-0.25, -0.2) is 8.91 Å². The van der Waals surface area contributed by atoms with E-state index in [4.69, 9.17) is 0 Å². The first-order valence-corrected chi connectivity index (χ1v) is 10.6. The molecule has 32 heavy (non-hydrogen) atoms. The molecule has 10 heteroatoms. The summed E-state index contributed by atoms with van der Waals surface area (Å²) in [5.41, 5.74) is 4.66. The van der Waals surface area contributed by atoms with Crippen LogP contribution in [0, 0.1) is 6.92 Å². The second-order valence-corrected chi connectivity index (χ2v) is 7.88. The Morgan fingerprint density at radius 3 is 2.78 bits per heavy atom. The highest BCUT2D eigenvalue weighted by Gasteiger charge is 2.31. The zero-order valence-electron chi connectivity index (χ0n) is 18.6.